The van der Waals surface area contributed by atoms with E-state index >= 15 is 0 Å². The van der Waals surface area contributed by atoms with Crippen molar-refractivity contribution in [3.8, 4) is 11.5 Å². The molecule has 2 nitrogen and oxygen atoms in total. The van der Waals surface area contributed by atoms with Crippen molar-refractivity contribution in [1.82, 2.24) is 0 Å². The van der Waals surface area contributed by atoms with Crippen LogP contribution in [-0.2, 0) is 0 Å². The molecule has 1 aliphatic rings. The second-order valence-electron chi connectivity index (χ2n) is 4.66. The summed E-state index contributed by atoms with van der Waals surface area (Å²) in [7, 11) is 0. The Morgan fingerprint density at radius 2 is 1.44 bits per heavy atom. The minimum absolute atomic E-state index is 0.206. The summed E-state index contributed by atoms with van der Waals surface area (Å²) in [5, 5.41) is 0. The zero-order valence-corrected chi connectivity index (χ0v) is 12.3. The molecule has 0 amide bonds. The molecule has 0 atom stereocenters. The molecule has 1 aromatic heterocycles. The second-order valence-corrected chi connectivity index (χ2v) is 7.66. The first-order chi connectivity index (χ1) is 7.62. The Morgan fingerprint density at radius 1 is 1.00 bits per heavy atom. The summed E-state index contributed by atoms with van der Waals surface area (Å²) in [6.07, 6.45) is 2.24. The van der Waals surface area contributed by atoms with E-state index in [1.807, 2.05) is 0 Å². The van der Waals surface area contributed by atoms with Crippen LogP contribution in [0.1, 0.15) is 35.6 Å². The molecule has 2 rings (SSSR count). The van der Waals surface area contributed by atoms with Crippen LogP contribution >= 0.6 is 0 Å². The number of rotatable bonds is 2. The van der Waals surface area contributed by atoms with Crippen LogP contribution < -0.4 is 9.47 Å². The Balaban J connectivity index is 2.28. The molecular weight excluding hydrogens is 267 g/mol. The average molecular weight is 287 g/mol. The molecule has 0 radical (unpaired) electrons. The SMILES string of the molecule is CCC1(CC)COc2c(C)[se]c(C)c2OC1. The first-order valence-corrected chi connectivity index (χ1v) is 7.69. The van der Waals surface area contributed by atoms with E-state index in [1.54, 1.807) is 0 Å². The van der Waals surface area contributed by atoms with Crippen LogP contribution in [0.5, 0.6) is 11.5 Å². The summed E-state index contributed by atoms with van der Waals surface area (Å²) < 4.78 is 14.8. The van der Waals surface area contributed by atoms with E-state index in [2.05, 4.69) is 27.7 Å². The van der Waals surface area contributed by atoms with Crippen LogP contribution in [0.2, 0.25) is 0 Å². The molecule has 0 aliphatic carbocycles. The van der Waals surface area contributed by atoms with E-state index < -0.39 is 0 Å². The Morgan fingerprint density at radius 3 is 1.81 bits per heavy atom. The molecule has 16 heavy (non-hydrogen) atoms. The molecule has 0 N–H and O–H groups in total. The summed E-state index contributed by atoms with van der Waals surface area (Å²) in [6.45, 7) is 10.4. The molecule has 0 fully saturated rings. The standard InChI is InChI=1S/C13H20O2Se/c1-5-13(6-2)7-14-11-9(3)16-10(4)12(11)15-8-13/h5-8H2,1-4H3. The molecule has 0 saturated carbocycles. The molecule has 3 heteroatoms. The Bertz CT molecular complexity index is 347. The van der Waals surface area contributed by atoms with Crippen LogP contribution in [0.4, 0.5) is 0 Å². The normalized spacial score (nSPS) is 18.2. The van der Waals surface area contributed by atoms with E-state index in [0.717, 1.165) is 37.6 Å². The van der Waals surface area contributed by atoms with Gasteiger partial charge in [0.1, 0.15) is 0 Å². The molecule has 90 valence electrons. The number of aryl methyl sites for hydroxylation is 2. The fraction of sp³-hybridized carbons (Fsp3) is 0.692. The van der Waals surface area contributed by atoms with Gasteiger partial charge >= 0.3 is 104 Å². The Kier molecular flexibility index (Phi) is 3.37. The van der Waals surface area contributed by atoms with Crippen LogP contribution in [0.15, 0.2) is 0 Å². The van der Waals surface area contributed by atoms with Gasteiger partial charge in [-0.25, -0.2) is 0 Å². The monoisotopic (exact) mass is 288 g/mol. The van der Waals surface area contributed by atoms with Crippen LogP contribution in [0, 0.1) is 19.3 Å². The van der Waals surface area contributed by atoms with Gasteiger partial charge < -0.3 is 0 Å². The number of fused-ring (bicyclic) bond motifs is 1. The van der Waals surface area contributed by atoms with E-state index in [-0.39, 0.29) is 5.41 Å². The van der Waals surface area contributed by atoms with Crippen molar-refractivity contribution in [1.29, 1.82) is 0 Å². The summed E-state index contributed by atoms with van der Waals surface area (Å²) in [5.74, 6) is 2.09. The van der Waals surface area contributed by atoms with Gasteiger partial charge in [-0.05, 0) is 0 Å². The zero-order chi connectivity index (χ0) is 11.8. The van der Waals surface area contributed by atoms with Crippen LogP contribution in [-0.4, -0.2) is 27.7 Å². The van der Waals surface area contributed by atoms with Crippen molar-refractivity contribution < 1.29 is 9.47 Å². The summed E-state index contributed by atoms with van der Waals surface area (Å²) in [5.41, 5.74) is 0.206. The predicted octanol–water partition coefficient (Wildman–Crippen LogP) is 2.94. The van der Waals surface area contributed by atoms with E-state index in [9.17, 15) is 0 Å². The number of hydrogen-bond acceptors (Lipinski definition) is 2. The Hall–Kier alpha value is -0.401. The summed E-state index contributed by atoms with van der Waals surface area (Å²) >= 11 is 0.448. The Labute approximate surface area is 104 Å². The molecule has 2 heterocycles. The quantitative estimate of drug-likeness (QED) is 0.779. The second kappa shape index (κ2) is 4.46. The first kappa shape index (κ1) is 12.1. The maximum atomic E-state index is 6.02. The maximum absolute atomic E-state index is 6.02. The van der Waals surface area contributed by atoms with Crippen LogP contribution in [0.3, 0.4) is 0 Å². The third kappa shape index (κ3) is 1.91. The van der Waals surface area contributed by atoms with Gasteiger partial charge in [-0.2, -0.15) is 0 Å². The number of ether oxygens (including phenoxy) is 2. The molecule has 0 unspecified atom stereocenters. The van der Waals surface area contributed by atoms with Gasteiger partial charge in [0.2, 0.25) is 0 Å². The van der Waals surface area contributed by atoms with Gasteiger partial charge in [0.05, 0.1) is 0 Å². The topological polar surface area (TPSA) is 18.5 Å². The van der Waals surface area contributed by atoms with E-state index in [4.69, 9.17) is 9.47 Å². The van der Waals surface area contributed by atoms with Gasteiger partial charge in [0.15, 0.2) is 0 Å². The van der Waals surface area contributed by atoms with E-state index in [1.165, 1.54) is 8.87 Å². The average Bonchev–Trinajstić information content (AvgIpc) is 2.49. The van der Waals surface area contributed by atoms with Gasteiger partial charge in [-0.3, -0.25) is 0 Å². The molecule has 0 bridgehead atoms. The summed E-state index contributed by atoms with van der Waals surface area (Å²) in [4.78, 5) is 0. The van der Waals surface area contributed by atoms with Gasteiger partial charge in [0, 0.05) is 0 Å². The third-order valence-electron chi connectivity index (χ3n) is 3.70. The fourth-order valence-electron chi connectivity index (χ4n) is 2.13. The minimum atomic E-state index is 0.206. The molecule has 1 aliphatic heterocycles. The molecule has 0 spiro atoms. The van der Waals surface area contributed by atoms with Crippen molar-refractivity contribution in [3.05, 3.63) is 8.87 Å². The molecule has 0 saturated heterocycles. The van der Waals surface area contributed by atoms with Crippen molar-refractivity contribution in [2.24, 2.45) is 5.41 Å². The first-order valence-electron chi connectivity index (χ1n) is 5.97. The predicted molar refractivity (Wildman–Crippen MR) is 66.9 cm³/mol. The molecule has 1 aromatic rings. The van der Waals surface area contributed by atoms with Crippen molar-refractivity contribution in [2.75, 3.05) is 13.2 Å². The van der Waals surface area contributed by atoms with Crippen LogP contribution in [0.25, 0.3) is 0 Å². The number of hydrogen-bond donors (Lipinski definition) is 0. The zero-order valence-electron chi connectivity index (χ0n) is 10.6. The molecule has 0 aromatic carbocycles. The summed E-state index contributed by atoms with van der Waals surface area (Å²) in [6, 6.07) is 0. The van der Waals surface area contributed by atoms with E-state index in [0.29, 0.717) is 14.5 Å². The van der Waals surface area contributed by atoms with Gasteiger partial charge in [0.25, 0.3) is 0 Å². The van der Waals surface area contributed by atoms with Gasteiger partial charge in [-0.1, -0.05) is 0 Å². The van der Waals surface area contributed by atoms with Crippen molar-refractivity contribution >= 4 is 14.5 Å². The van der Waals surface area contributed by atoms with Crippen molar-refractivity contribution in [3.63, 3.8) is 0 Å². The third-order valence-corrected chi connectivity index (χ3v) is 5.76. The van der Waals surface area contributed by atoms with Crippen molar-refractivity contribution in [2.45, 2.75) is 40.5 Å². The molecular formula is C13H20O2Se. The fourth-order valence-corrected chi connectivity index (χ4v) is 4.12. The van der Waals surface area contributed by atoms with Gasteiger partial charge in [-0.15, -0.1) is 0 Å².